The summed E-state index contributed by atoms with van der Waals surface area (Å²) in [6, 6.07) is 13.7. The Balaban J connectivity index is 1.75. The molecule has 1 saturated heterocycles. The highest BCUT2D eigenvalue weighted by Gasteiger charge is 2.24. The van der Waals surface area contributed by atoms with Gasteiger partial charge in [-0.1, -0.05) is 18.2 Å². The molecule has 0 saturated carbocycles. The number of quaternary nitrogens is 1. The number of aliphatic hydroxyl groups excluding tert-OH is 1. The van der Waals surface area contributed by atoms with Crippen LogP contribution in [0, 0.1) is 4.77 Å². The van der Waals surface area contributed by atoms with Crippen molar-refractivity contribution in [3.8, 4) is 17.3 Å². The Morgan fingerprint density at radius 2 is 2.08 bits per heavy atom. The van der Waals surface area contributed by atoms with Crippen molar-refractivity contribution in [3.63, 3.8) is 0 Å². The van der Waals surface area contributed by atoms with Gasteiger partial charge in [-0.2, -0.15) is 4.68 Å². The van der Waals surface area contributed by atoms with E-state index in [0.717, 1.165) is 31.6 Å². The fourth-order valence-corrected chi connectivity index (χ4v) is 3.66. The number of nitrogens with zero attached hydrogens (tertiary/aromatic N) is 3. The van der Waals surface area contributed by atoms with Crippen LogP contribution in [0.25, 0.3) is 17.3 Å². The average molecular weight is 357 g/mol. The lowest BCUT2D eigenvalue weighted by Gasteiger charge is -2.26. The first kappa shape index (κ1) is 16.3. The van der Waals surface area contributed by atoms with Crippen molar-refractivity contribution in [2.24, 2.45) is 0 Å². The van der Waals surface area contributed by atoms with Gasteiger partial charge in [0, 0.05) is 0 Å². The first-order valence-corrected chi connectivity index (χ1v) is 8.94. The van der Waals surface area contributed by atoms with Crippen LogP contribution in [0.2, 0.25) is 0 Å². The molecule has 3 aromatic rings. The molecule has 130 valence electrons. The van der Waals surface area contributed by atoms with Crippen LogP contribution in [0.1, 0.15) is 12.8 Å². The van der Waals surface area contributed by atoms with Gasteiger partial charge in [-0.25, -0.2) is 0 Å². The lowest BCUT2D eigenvalue weighted by atomic mass is 10.1. The summed E-state index contributed by atoms with van der Waals surface area (Å²) >= 11 is 5.71. The second-order valence-electron chi connectivity index (χ2n) is 6.41. The second kappa shape index (κ2) is 6.95. The van der Waals surface area contributed by atoms with Gasteiger partial charge in [0.05, 0.1) is 18.5 Å². The van der Waals surface area contributed by atoms with Gasteiger partial charge in [0.1, 0.15) is 12.6 Å². The van der Waals surface area contributed by atoms with Gasteiger partial charge in [-0.3, -0.25) is 4.57 Å². The smallest absolute Gasteiger partial charge is 0.207 e. The molecule has 1 fully saturated rings. The number of rotatable bonds is 4. The summed E-state index contributed by atoms with van der Waals surface area (Å²) in [6.45, 7) is 2.40. The fraction of sp³-hybridized carbons (Fsp3) is 0.333. The standard InChI is InChI=1S/C18H20N4O2S/c23-15-8-4-10-20(12-15)13-21-18(25)22(14-6-2-1-3-7-14)17(19-21)16-9-5-11-24-16/h1-3,5-7,9,11,15,23H,4,8,10,12-13H2/p+1/t15-/m1/s1. The number of hydrogen-bond donors (Lipinski definition) is 2. The number of benzene rings is 1. The van der Waals surface area contributed by atoms with Crippen molar-refractivity contribution in [1.29, 1.82) is 0 Å². The van der Waals surface area contributed by atoms with Gasteiger partial charge >= 0.3 is 0 Å². The molecule has 1 aliphatic heterocycles. The van der Waals surface area contributed by atoms with Gasteiger partial charge in [-0.05, 0) is 49.3 Å². The Labute approximate surface area is 150 Å². The average Bonchev–Trinajstić information content (AvgIpc) is 3.25. The molecule has 0 radical (unpaired) electrons. The Hall–Kier alpha value is -2.22. The highest BCUT2D eigenvalue weighted by Crippen LogP contribution is 2.22. The van der Waals surface area contributed by atoms with Crippen molar-refractivity contribution < 1.29 is 14.4 Å². The fourth-order valence-electron chi connectivity index (χ4n) is 3.37. The molecule has 2 aromatic heterocycles. The molecule has 0 bridgehead atoms. The first-order chi connectivity index (χ1) is 12.2. The van der Waals surface area contributed by atoms with E-state index in [1.165, 1.54) is 4.90 Å². The SMILES string of the molecule is O[C@@H]1CCC[NH+](Cn2nc(-c3ccco3)n(-c3ccccc3)c2=S)C1. The van der Waals surface area contributed by atoms with E-state index in [-0.39, 0.29) is 6.10 Å². The van der Waals surface area contributed by atoms with Gasteiger partial charge in [0.15, 0.2) is 12.4 Å². The number of hydrogen-bond acceptors (Lipinski definition) is 4. The first-order valence-electron chi connectivity index (χ1n) is 8.53. The van der Waals surface area contributed by atoms with Crippen LogP contribution in [0.4, 0.5) is 0 Å². The topological polar surface area (TPSA) is 60.6 Å². The number of piperidine rings is 1. The third-order valence-corrected chi connectivity index (χ3v) is 4.95. The maximum Gasteiger partial charge on any atom is 0.207 e. The predicted molar refractivity (Wildman–Crippen MR) is 96.0 cm³/mol. The van der Waals surface area contributed by atoms with E-state index in [2.05, 4.69) is 0 Å². The molecule has 0 amide bonds. The molecule has 7 heteroatoms. The minimum atomic E-state index is -0.237. The second-order valence-corrected chi connectivity index (χ2v) is 6.78. The van der Waals surface area contributed by atoms with Crippen molar-refractivity contribution in [3.05, 3.63) is 53.5 Å². The summed E-state index contributed by atoms with van der Waals surface area (Å²) in [5.41, 5.74) is 0.957. The Morgan fingerprint density at radius 3 is 2.80 bits per heavy atom. The van der Waals surface area contributed by atoms with E-state index < -0.39 is 0 Å². The highest BCUT2D eigenvalue weighted by atomic mass is 32.1. The van der Waals surface area contributed by atoms with Crippen LogP contribution in [-0.4, -0.2) is 38.6 Å². The minimum Gasteiger partial charge on any atom is -0.461 e. The number of aromatic nitrogens is 3. The van der Waals surface area contributed by atoms with Crippen LogP contribution in [0.3, 0.4) is 0 Å². The Bertz CT molecular complexity index is 886. The maximum absolute atomic E-state index is 9.92. The molecule has 2 atom stereocenters. The van der Waals surface area contributed by atoms with Gasteiger partial charge < -0.3 is 14.4 Å². The summed E-state index contributed by atoms with van der Waals surface area (Å²) in [5, 5.41) is 14.6. The molecule has 6 nitrogen and oxygen atoms in total. The van der Waals surface area contributed by atoms with Crippen LogP contribution < -0.4 is 4.90 Å². The third kappa shape index (κ3) is 3.30. The zero-order chi connectivity index (χ0) is 17.2. The molecule has 25 heavy (non-hydrogen) atoms. The normalized spacial score (nSPS) is 20.7. The molecule has 1 unspecified atom stereocenters. The zero-order valence-electron chi connectivity index (χ0n) is 13.8. The van der Waals surface area contributed by atoms with E-state index in [1.807, 2.05) is 51.7 Å². The molecular weight excluding hydrogens is 336 g/mol. The lowest BCUT2D eigenvalue weighted by Crippen LogP contribution is -3.13. The van der Waals surface area contributed by atoms with Crippen LogP contribution in [0.5, 0.6) is 0 Å². The molecule has 3 heterocycles. The molecule has 0 spiro atoms. The largest absolute Gasteiger partial charge is 0.461 e. The molecule has 4 rings (SSSR count). The summed E-state index contributed by atoms with van der Waals surface area (Å²) in [5.74, 6) is 1.38. The van der Waals surface area contributed by atoms with Crippen molar-refractivity contribution in [2.45, 2.75) is 25.6 Å². The minimum absolute atomic E-state index is 0.237. The monoisotopic (exact) mass is 357 g/mol. The van der Waals surface area contributed by atoms with Crippen LogP contribution in [-0.2, 0) is 6.67 Å². The van der Waals surface area contributed by atoms with Crippen molar-refractivity contribution in [1.82, 2.24) is 14.3 Å². The molecule has 1 aliphatic rings. The number of para-hydroxylation sites is 1. The lowest BCUT2D eigenvalue weighted by molar-refractivity contribution is -0.931. The summed E-state index contributed by atoms with van der Waals surface area (Å²) < 4.78 is 9.98. The number of nitrogens with one attached hydrogen (secondary N) is 1. The van der Waals surface area contributed by atoms with E-state index >= 15 is 0 Å². The van der Waals surface area contributed by atoms with Gasteiger partial charge in [0.25, 0.3) is 0 Å². The number of aliphatic hydroxyl groups is 1. The van der Waals surface area contributed by atoms with Gasteiger partial charge in [-0.15, -0.1) is 5.10 Å². The third-order valence-electron chi connectivity index (χ3n) is 4.56. The number of furan rings is 1. The van der Waals surface area contributed by atoms with E-state index in [4.69, 9.17) is 21.7 Å². The van der Waals surface area contributed by atoms with Crippen LogP contribution in [0.15, 0.2) is 53.1 Å². The maximum atomic E-state index is 9.92. The summed E-state index contributed by atoms with van der Waals surface area (Å²) in [6.07, 6.45) is 3.30. The van der Waals surface area contributed by atoms with E-state index in [1.54, 1.807) is 6.26 Å². The van der Waals surface area contributed by atoms with E-state index in [0.29, 0.717) is 23.0 Å². The Kier molecular flexibility index (Phi) is 4.52. The predicted octanol–water partition coefficient (Wildman–Crippen LogP) is 1.66. The molecule has 1 aromatic carbocycles. The number of likely N-dealkylation sites (tertiary alicyclic amines) is 1. The molecular formula is C18H21N4O2S+. The quantitative estimate of drug-likeness (QED) is 0.697. The zero-order valence-corrected chi connectivity index (χ0v) is 14.7. The Morgan fingerprint density at radius 1 is 1.24 bits per heavy atom. The summed E-state index contributed by atoms with van der Waals surface area (Å²) in [4.78, 5) is 1.29. The van der Waals surface area contributed by atoms with Crippen molar-refractivity contribution >= 4 is 12.2 Å². The molecule has 0 aliphatic carbocycles. The van der Waals surface area contributed by atoms with Crippen molar-refractivity contribution in [2.75, 3.05) is 13.1 Å². The van der Waals surface area contributed by atoms with Crippen LogP contribution >= 0.6 is 12.2 Å². The van der Waals surface area contributed by atoms with E-state index in [9.17, 15) is 5.11 Å². The van der Waals surface area contributed by atoms with Gasteiger partial charge in [0.2, 0.25) is 10.6 Å². The summed E-state index contributed by atoms with van der Waals surface area (Å²) in [7, 11) is 0. The highest BCUT2D eigenvalue weighted by molar-refractivity contribution is 7.71. The molecule has 2 N–H and O–H groups in total.